The third kappa shape index (κ3) is 9.70. The fourth-order valence-electron chi connectivity index (χ4n) is 3.69. The zero-order valence-electron chi connectivity index (χ0n) is 19.5. The van der Waals surface area contributed by atoms with E-state index < -0.39 is 27.7 Å². The number of amides is 1. The van der Waals surface area contributed by atoms with E-state index in [4.69, 9.17) is 15.0 Å². The Bertz CT molecular complexity index is 1210. The zero-order chi connectivity index (χ0) is 27.9. The molecule has 0 radical (unpaired) electrons. The first-order chi connectivity index (χ1) is 17.1. The molecular weight excluding hydrogens is 583 g/mol. The van der Waals surface area contributed by atoms with Gasteiger partial charge < -0.3 is 20.8 Å². The van der Waals surface area contributed by atoms with Crippen molar-refractivity contribution in [2.24, 2.45) is 5.14 Å². The highest BCUT2D eigenvalue weighted by molar-refractivity contribution is 9.10. The van der Waals surface area contributed by atoms with Crippen molar-refractivity contribution in [3.8, 4) is 0 Å². The van der Waals surface area contributed by atoms with Crippen LogP contribution < -0.4 is 15.8 Å². The number of aliphatic hydroxyl groups excluding tert-OH is 1. The number of aryl methyl sites for hydroxylation is 1. The molecule has 1 aliphatic carbocycles. The minimum absolute atomic E-state index is 0.0355. The molecule has 3 rings (SSSR count). The number of halogens is 4. The lowest BCUT2D eigenvalue weighted by Gasteiger charge is -2.37. The molecule has 1 aliphatic rings. The fourth-order valence-corrected chi connectivity index (χ4v) is 4.61. The second-order valence-corrected chi connectivity index (χ2v) is 11.0. The normalized spacial score (nSPS) is 17.2. The van der Waals surface area contributed by atoms with Crippen LogP contribution >= 0.6 is 15.9 Å². The van der Waals surface area contributed by atoms with Gasteiger partial charge in [-0.2, -0.15) is 13.2 Å². The first kappa shape index (κ1) is 30.7. The Morgan fingerprint density at radius 2 is 1.73 bits per heavy atom. The predicted octanol–water partition coefficient (Wildman–Crippen LogP) is 1.90. The number of aliphatic hydroxyl groups is 1. The van der Waals surface area contributed by atoms with Crippen LogP contribution in [0, 0.1) is 0 Å². The average molecular weight is 610 g/mol. The fraction of sp³-hybridized carbons (Fsp3) is 0.391. The summed E-state index contributed by atoms with van der Waals surface area (Å²) in [7, 11) is -3.70. The zero-order valence-corrected chi connectivity index (χ0v) is 21.9. The van der Waals surface area contributed by atoms with Crippen LogP contribution in [0.2, 0.25) is 0 Å². The molecule has 1 amide bonds. The van der Waals surface area contributed by atoms with Gasteiger partial charge in [-0.15, -0.1) is 0 Å². The van der Waals surface area contributed by atoms with E-state index in [1.54, 1.807) is 12.1 Å². The summed E-state index contributed by atoms with van der Waals surface area (Å²) >= 11 is 3.49. The third-order valence-electron chi connectivity index (χ3n) is 5.73. The van der Waals surface area contributed by atoms with Crippen LogP contribution in [-0.2, 0) is 38.9 Å². The number of sulfonamides is 1. The van der Waals surface area contributed by atoms with Gasteiger partial charge in [-0.05, 0) is 66.6 Å². The van der Waals surface area contributed by atoms with Crippen LogP contribution in [0.5, 0.6) is 0 Å². The number of primary sulfonamides is 1. The molecular formula is C23H27BrF3N3O6S. The summed E-state index contributed by atoms with van der Waals surface area (Å²) in [5.74, 6) is -2.90. The summed E-state index contributed by atoms with van der Waals surface area (Å²) in [5, 5.41) is 28.3. The van der Waals surface area contributed by atoms with Gasteiger partial charge in [-0.1, -0.05) is 34.1 Å². The lowest BCUT2D eigenvalue weighted by molar-refractivity contribution is -0.192. The number of carboxylic acid groups (broad SMARTS) is 1. The van der Waals surface area contributed by atoms with Gasteiger partial charge in [0.05, 0.1) is 18.0 Å². The number of carbonyl (C=O) groups is 2. The Morgan fingerprint density at radius 3 is 2.27 bits per heavy atom. The number of hydrogen-bond acceptors (Lipinski definition) is 6. The minimum Gasteiger partial charge on any atom is -0.475 e. The van der Waals surface area contributed by atoms with Gasteiger partial charge in [0.2, 0.25) is 15.9 Å². The highest BCUT2D eigenvalue weighted by Crippen LogP contribution is 2.30. The Hall–Kier alpha value is -2.52. The second-order valence-electron chi connectivity index (χ2n) is 8.47. The third-order valence-corrected chi connectivity index (χ3v) is 7.15. The topological polar surface area (TPSA) is 159 Å². The van der Waals surface area contributed by atoms with E-state index in [0.717, 1.165) is 22.9 Å². The van der Waals surface area contributed by atoms with Crippen LogP contribution in [0.3, 0.4) is 0 Å². The van der Waals surface area contributed by atoms with Crippen LogP contribution in [0.1, 0.15) is 23.1 Å². The molecule has 2 aromatic carbocycles. The number of carbonyl (C=O) groups excluding carboxylic acids is 1. The van der Waals surface area contributed by atoms with Crippen LogP contribution in [-0.4, -0.2) is 61.9 Å². The molecule has 14 heteroatoms. The Labute approximate surface area is 220 Å². The van der Waals surface area contributed by atoms with Gasteiger partial charge in [-0.3, -0.25) is 4.79 Å². The van der Waals surface area contributed by atoms with Gasteiger partial charge in [-0.25, -0.2) is 18.4 Å². The number of benzene rings is 2. The molecule has 1 unspecified atom stereocenters. The molecule has 0 bridgehead atoms. The standard InChI is InChI=1S/C21H26BrN3O4S.C2HF3O2/c22-18-4-3-17-12-21(14-26,9-7-16(17)11-18)25-13-20(27)24-10-8-15-1-5-19(6-2-15)30(23,28)29;3-2(4,5)1(6)7/h1-6,11,25-26H,7-10,12-14H2,(H,24,27)(H2,23,28,29);(H,6,7). The molecule has 9 nitrogen and oxygen atoms in total. The van der Waals surface area contributed by atoms with E-state index in [-0.39, 0.29) is 24.0 Å². The Balaban J connectivity index is 0.000000604. The number of nitrogens with two attached hydrogens (primary N) is 1. The maximum atomic E-state index is 12.3. The molecule has 0 aromatic heterocycles. The highest BCUT2D eigenvalue weighted by atomic mass is 79.9. The average Bonchev–Trinajstić information content (AvgIpc) is 2.82. The summed E-state index contributed by atoms with van der Waals surface area (Å²) < 4.78 is 55.3. The number of alkyl halides is 3. The van der Waals surface area contributed by atoms with Crippen molar-refractivity contribution < 1.29 is 41.4 Å². The van der Waals surface area contributed by atoms with Gasteiger partial charge in [0.25, 0.3) is 0 Å². The molecule has 6 N–H and O–H groups in total. The van der Waals surface area contributed by atoms with Gasteiger partial charge in [0.15, 0.2) is 0 Å². The smallest absolute Gasteiger partial charge is 0.475 e. The summed E-state index contributed by atoms with van der Waals surface area (Å²) in [6, 6.07) is 12.4. The summed E-state index contributed by atoms with van der Waals surface area (Å²) in [4.78, 5) is 21.2. The van der Waals surface area contributed by atoms with Crippen molar-refractivity contribution in [2.75, 3.05) is 19.7 Å². The monoisotopic (exact) mass is 609 g/mol. The number of rotatable bonds is 8. The lowest BCUT2D eigenvalue weighted by atomic mass is 9.78. The molecule has 37 heavy (non-hydrogen) atoms. The highest BCUT2D eigenvalue weighted by Gasteiger charge is 2.38. The van der Waals surface area contributed by atoms with E-state index in [0.29, 0.717) is 19.4 Å². The molecule has 0 heterocycles. The van der Waals surface area contributed by atoms with E-state index >= 15 is 0 Å². The lowest BCUT2D eigenvalue weighted by Crippen LogP contribution is -2.55. The Morgan fingerprint density at radius 1 is 1.11 bits per heavy atom. The molecule has 0 fully saturated rings. The van der Waals surface area contributed by atoms with E-state index in [1.807, 2.05) is 6.07 Å². The number of aliphatic carboxylic acids is 1. The largest absolute Gasteiger partial charge is 0.490 e. The van der Waals surface area contributed by atoms with Crippen molar-refractivity contribution in [1.29, 1.82) is 0 Å². The number of hydrogen-bond donors (Lipinski definition) is 5. The van der Waals surface area contributed by atoms with Crippen LogP contribution in [0.4, 0.5) is 13.2 Å². The molecule has 0 spiro atoms. The quantitative estimate of drug-likeness (QED) is 0.306. The molecule has 0 aliphatic heterocycles. The summed E-state index contributed by atoms with van der Waals surface area (Å²) in [6.45, 7) is 0.515. The molecule has 1 atom stereocenters. The SMILES string of the molecule is NS(=O)(=O)c1ccc(CCNC(=O)CNC2(CO)CCc3cc(Br)ccc3C2)cc1.O=C(O)C(F)(F)F. The number of nitrogens with one attached hydrogen (secondary N) is 2. The van der Waals surface area contributed by atoms with Gasteiger partial charge >= 0.3 is 12.1 Å². The first-order valence-corrected chi connectivity index (χ1v) is 13.3. The van der Waals surface area contributed by atoms with E-state index in [1.165, 1.54) is 23.3 Å². The molecule has 2 aromatic rings. The van der Waals surface area contributed by atoms with Crippen molar-refractivity contribution in [1.82, 2.24) is 10.6 Å². The maximum Gasteiger partial charge on any atom is 0.490 e. The maximum absolute atomic E-state index is 12.3. The molecule has 0 saturated heterocycles. The van der Waals surface area contributed by atoms with Crippen molar-refractivity contribution >= 4 is 37.8 Å². The number of carboxylic acids is 1. The van der Waals surface area contributed by atoms with Crippen LogP contribution in [0.25, 0.3) is 0 Å². The first-order valence-electron chi connectivity index (χ1n) is 11.0. The second kappa shape index (κ2) is 12.8. The van der Waals surface area contributed by atoms with Gasteiger partial charge in [0.1, 0.15) is 0 Å². The van der Waals surface area contributed by atoms with Gasteiger partial charge in [0, 0.05) is 16.6 Å². The van der Waals surface area contributed by atoms with Crippen LogP contribution in [0.15, 0.2) is 51.8 Å². The predicted molar refractivity (Wildman–Crippen MR) is 132 cm³/mol. The minimum atomic E-state index is -5.08. The summed E-state index contributed by atoms with van der Waals surface area (Å²) in [5.41, 5.74) is 2.86. The van der Waals surface area contributed by atoms with Crippen molar-refractivity contribution in [3.63, 3.8) is 0 Å². The van der Waals surface area contributed by atoms with Crippen molar-refractivity contribution in [3.05, 3.63) is 63.6 Å². The molecule has 204 valence electrons. The summed E-state index contributed by atoms with van der Waals surface area (Å²) in [6.07, 6.45) is -2.23. The molecule has 0 saturated carbocycles. The Kier molecular flexibility index (Phi) is 10.6. The van der Waals surface area contributed by atoms with Crippen molar-refractivity contribution in [2.45, 2.75) is 42.3 Å². The number of fused-ring (bicyclic) bond motifs is 1. The van der Waals surface area contributed by atoms with E-state index in [9.17, 15) is 31.5 Å². The van der Waals surface area contributed by atoms with E-state index in [2.05, 4.69) is 38.7 Å².